The van der Waals surface area contributed by atoms with Crippen LogP contribution in [0.5, 0.6) is 0 Å². The maximum Gasteiger partial charge on any atom is 0.234 e. The van der Waals surface area contributed by atoms with Gasteiger partial charge in [-0.15, -0.1) is 0 Å². The average Bonchev–Trinajstić information content (AvgIpc) is 3.01. The SMILES string of the molecule is CC(=O)N1c2ccccc2N(C(=O)C2CCN(C3CCCCCCCC3)c3ccccc32)C[C@@H]1C. The van der Waals surface area contributed by atoms with Crippen molar-refractivity contribution in [3.63, 3.8) is 0 Å². The van der Waals surface area contributed by atoms with Crippen molar-refractivity contribution >= 4 is 28.9 Å². The zero-order chi connectivity index (χ0) is 24.4. The Bertz CT molecular complexity index is 1060. The van der Waals surface area contributed by atoms with Crippen LogP contribution in [0, 0.1) is 0 Å². The molecule has 2 aromatic rings. The van der Waals surface area contributed by atoms with Gasteiger partial charge in [0.05, 0.1) is 23.3 Å². The topological polar surface area (TPSA) is 43.9 Å². The van der Waals surface area contributed by atoms with Crippen molar-refractivity contribution in [1.29, 1.82) is 0 Å². The van der Waals surface area contributed by atoms with Gasteiger partial charge in [-0.2, -0.15) is 0 Å². The molecule has 0 saturated heterocycles. The first kappa shape index (κ1) is 23.9. The van der Waals surface area contributed by atoms with Gasteiger partial charge in [0.15, 0.2) is 0 Å². The summed E-state index contributed by atoms with van der Waals surface area (Å²) in [5.41, 5.74) is 4.11. The normalized spacial score (nSPS) is 23.5. The lowest BCUT2D eigenvalue weighted by Crippen LogP contribution is -2.53. The van der Waals surface area contributed by atoms with Crippen LogP contribution in [-0.4, -0.2) is 37.0 Å². The van der Waals surface area contributed by atoms with Crippen molar-refractivity contribution in [1.82, 2.24) is 0 Å². The summed E-state index contributed by atoms with van der Waals surface area (Å²) in [4.78, 5) is 32.9. The summed E-state index contributed by atoms with van der Waals surface area (Å²) in [6, 6.07) is 17.0. The first-order chi connectivity index (χ1) is 17.1. The molecule has 0 aromatic heterocycles. The predicted octanol–water partition coefficient (Wildman–Crippen LogP) is 6.27. The molecule has 2 heterocycles. The summed E-state index contributed by atoms with van der Waals surface area (Å²) in [6.45, 7) is 5.10. The molecule has 1 aliphatic carbocycles. The molecule has 0 spiro atoms. The fourth-order valence-electron chi connectivity index (χ4n) is 6.60. The number of hydrogen-bond acceptors (Lipinski definition) is 3. The number of carbonyl (C=O) groups is 2. The highest BCUT2D eigenvalue weighted by molar-refractivity contribution is 6.06. The molecular weight excluding hydrogens is 434 g/mol. The van der Waals surface area contributed by atoms with E-state index in [0.29, 0.717) is 12.6 Å². The Hall–Kier alpha value is -2.82. The maximum atomic E-state index is 14.1. The molecule has 1 saturated carbocycles. The first-order valence-electron chi connectivity index (χ1n) is 13.6. The van der Waals surface area contributed by atoms with E-state index in [1.807, 2.05) is 41.0 Å². The van der Waals surface area contributed by atoms with Crippen LogP contribution in [0.4, 0.5) is 17.1 Å². The molecule has 2 aromatic carbocycles. The number of amides is 2. The zero-order valence-corrected chi connectivity index (χ0v) is 21.3. The quantitative estimate of drug-likeness (QED) is 0.516. The van der Waals surface area contributed by atoms with Crippen LogP contribution in [0.2, 0.25) is 0 Å². The van der Waals surface area contributed by atoms with Crippen LogP contribution in [-0.2, 0) is 9.59 Å². The van der Waals surface area contributed by atoms with Crippen LogP contribution >= 0.6 is 0 Å². The number of rotatable bonds is 2. The molecule has 35 heavy (non-hydrogen) atoms. The summed E-state index contributed by atoms with van der Waals surface area (Å²) in [5, 5.41) is 0. The van der Waals surface area contributed by atoms with Crippen molar-refractivity contribution in [2.75, 3.05) is 27.8 Å². The third-order valence-electron chi connectivity index (χ3n) is 8.27. The fraction of sp³-hybridized carbons (Fsp3) is 0.533. The lowest BCUT2D eigenvalue weighted by molar-refractivity contribution is -0.121. The van der Waals surface area contributed by atoms with Crippen LogP contribution < -0.4 is 14.7 Å². The second-order valence-electron chi connectivity index (χ2n) is 10.6. The van der Waals surface area contributed by atoms with Crippen LogP contribution in [0.1, 0.15) is 83.1 Å². The molecule has 1 unspecified atom stereocenters. The summed E-state index contributed by atoms with van der Waals surface area (Å²) in [6.07, 6.45) is 11.4. The molecule has 2 aliphatic heterocycles. The predicted molar refractivity (Wildman–Crippen MR) is 143 cm³/mol. The Morgan fingerprint density at radius 1 is 0.771 bits per heavy atom. The minimum atomic E-state index is -0.150. The van der Waals surface area contributed by atoms with Gasteiger partial charge in [-0.25, -0.2) is 0 Å². The Morgan fingerprint density at radius 2 is 1.37 bits per heavy atom. The van der Waals surface area contributed by atoms with E-state index in [-0.39, 0.29) is 23.8 Å². The van der Waals surface area contributed by atoms with E-state index in [0.717, 1.165) is 24.3 Å². The van der Waals surface area contributed by atoms with Gasteiger partial charge in [0, 0.05) is 31.7 Å². The van der Waals surface area contributed by atoms with Gasteiger partial charge in [-0.1, -0.05) is 68.9 Å². The summed E-state index contributed by atoms with van der Waals surface area (Å²) < 4.78 is 0. The molecule has 186 valence electrons. The number of nitrogens with zero attached hydrogens (tertiary/aromatic N) is 3. The number of fused-ring (bicyclic) bond motifs is 2. The molecule has 5 heteroatoms. The average molecular weight is 474 g/mol. The molecule has 5 rings (SSSR count). The highest BCUT2D eigenvalue weighted by Crippen LogP contribution is 2.42. The van der Waals surface area contributed by atoms with Crippen LogP contribution in [0.25, 0.3) is 0 Å². The molecule has 0 N–H and O–H groups in total. The third kappa shape index (κ3) is 4.70. The number of para-hydroxylation sites is 3. The highest BCUT2D eigenvalue weighted by Gasteiger charge is 2.39. The Labute approximate surface area is 210 Å². The number of carbonyl (C=O) groups excluding carboxylic acids is 2. The molecule has 2 atom stereocenters. The molecular formula is C30H39N3O2. The van der Waals surface area contributed by atoms with E-state index in [2.05, 4.69) is 29.2 Å². The zero-order valence-electron chi connectivity index (χ0n) is 21.3. The van der Waals surface area contributed by atoms with Crippen molar-refractivity contribution in [3.8, 4) is 0 Å². The molecule has 1 fully saturated rings. The highest BCUT2D eigenvalue weighted by atomic mass is 16.2. The molecule has 5 nitrogen and oxygen atoms in total. The van der Waals surface area contributed by atoms with Crippen molar-refractivity contribution in [3.05, 3.63) is 54.1 Å². The largest absolute Gasteiger partial charge is 0.368 e. The van der Waals surface area contributed by atoms with E-state index in [1.54, 1.807) is 6.92 Å². The second-order valence-corrected chi connectivity index (χ2v) is 10.6. The summed E-state index contributed by atoms with van der Waals surface area (Å²) >= 11 is 0. The number of anilines is 3. The van der Waals surface area contributed by atoms with E-state index in [1.165, 1.54) is 62.6 Å². The lowest BCUT2D eigenvalue weighted by atomic mass is 9.86. The van der Waals surface area contributed by atoms with Gasteiger partial charge in [0.2, 0.25) is 11.8 Å². The minimum Gasteiger partial charge on any atom is -0.368 e. The van der Waals surface area contributed by atoms with Crippen molar-refractivity contribution in [2.45, 2.75) is 89.6 Å². The Balaban J connectivity index is 1.44. The second kappa shape index (κ2) is 10.4. The van der Waals surface area contributed by atoms with Gasteiger partial charge in [-0.3, -0.25) is 9.59 Å². The number of benzene rings is 2. The Morgan fingerprint density at radius 3 is 2.06 bits per heavy atom. The maximum absolute atomic E-state index is 14.1. The fourth-order valence-corrected chi connectivity index (χ4v) is 6.60. The number of hydrogen-bond donors (Lipinski definition) is 0. The lowest BCUT2D eigenvalue weighted by Gasteiger charge is -2.44. The van der Waals surface area contributed by atoms with E-state index in [4.69, 9.17) is 0 Å². The third-order valence-corrected chi connectivity index (χ3v) is 8.27. The van der Waals surface area contributed by atoms with Crippen LogP contribution in [0.3, 0.4) is 0 Å². The first-order valence-corrected chi connectivity index (χ1v) is 13.6. The standard InChI is InChI=1S/C30H39N3O2/c1-22-21-32(28-17-11-12-18-29(28)33(22)23(2)34)30(35)26-19-20-31(27-16-10-9-15-25(26)27)24-13-7-5-3-4-6-8-14-24/h9-12,15-18,22,24,26H,3-8,13-14,19-21H2,1-2H3/t22-,26?/m0/s1. The van der Waals surface area contributed by atoms with E-state index >= 15 is 0 Å². The van der Waals surface area contributed by atoms with Crippen molar-refractivity contribution in [2.24, 2.45) is 0 Å². The Kier molecular flexibility index (Phi) is 7.12. The summed E-state index contributed by atoms with van der Waals surface area (Å²) in [7, 11) is 0. The van der Waals surface area contributed by atoms with Gasteiger partial charge < -0.3 is 14.7 Å². The van der Waals surface area contributed by atoms with Crippen LogP contribution in [0.15, 0.2) is 48.5 Å². The summed E-state index contributed by atoms with van der Waals surface area (Å²) in [5.74, 6) is 0.0303. The van der Waals surface area contributed by atoms with Gasteiger partial charge in [0.25, 0.3) is 0 Å². The monoisotopic (exact) mass is 473 g/mol. The smallest absolute Gasteiger partial charge is 0.234 e. The van der Waals surface area contributed by atoms with Gasteiger partial charge >= 0.3 is 0 Å². The molecule has 0 radical (unpaired) electrons. The molecule has 3 aliphatic rings. The van der Waals surface area contributed by atoms with E-state index < -0.39 is 0 Å². The van der Waals surface area contributed by atoms with Gasteiger partial charge in [-0.05, 0) is 49.9 Å². The van der Waals surface area contributed by atoms with Crippen molar-refractivity contribution < 1.29 is 9.59 Å². The minimum absolute atomic E-state index is 0.0192. The molecule has 0 bridgehead atoms. The molecule has 2 amide bonds. The van der Waals surface area contributed by atoms with Gasteiger partial charge in [0.1, 0.15) is 0 Å². The van der Waals surface area contributed by atoms with E-state index in [9.17, 15) is 9.59 Å².